The van der Waals surface area contributed by atoms with Crippen molar-refractivity contribution in [2.75, 3.05) is 19.0 Å². The van der Waals surface area contributed by atoms with Gasteiger partial charge in [0, 0.05) is 18.8 Å². The molecule has 7 heteroatoms. The Morgan fingerprint density at radius 1 is 1.40 bits per heavy atom. The van der Waals surface area contributed by atoms with Gasteiger partial charge in [-0.05, 0) is 43.8 Å². The summed E-state index contributed by atoms with van der Waals surface area (Å²) in [5.74, 6) is 0. The number of benzene rings is 1. The highest BCUT2D eigenvalue weighted by Gasteiger charge is 2.32. The lowest BCUT2D eigenvalue weighted by atomic mass is 10.1. The van der Waals surface area contributed by atoms with Crippen LogP contribution in [-0.2, 0) is 10.9 Å². The molecule has 0 bridgehead atoms. The zero-order valence-corrected chi connectivity index (χ0v) is 12.3. The summed E-state index contributed by atoms with van der Waals surface area (Å²) in [4.78, 5) is 0. The minimum atomic E-state index is -4.37. The van der Waals surface area contributed by atoms with Crippen molar-refractivity contribution < 1.29 is 17.9 Å². The van der Waals surface area contributed by atoms with Crippen LogP contribution in [0.1, 0.15) is 18.1 Å². The van der Waals surface area contributed by atoms with Crippen molar-refractivity contribution in [2.45, 2.75) is 26.1 Å². The Balaban J connectivity index is 2.76. The molecule has 0 aromatic heterocycles. The lowest BCUT2D eigenvalue weighted by Crippen LogP contribution is -2.38. The number of hydrogen-bond acceptors (Lipinski definition) is 2. The fourth-order valence-electron chi connectivity index (χ4n) is 1.69. The van der Waals surface area contributed by atoms with Gasteiger partial charge >= 0.3 is 6.18 Å². The number of nitrogens with one attached hydrogen (secondary N) is 2. The van der Waals surface area contributed by atoms with Gasteiger partial charge in [0.1, 0.15) is 0 Å². The van der Waals surface area contributed by atoms with Gasteiger partial charge in [-0.25, -0.2) is 0 Å². The van der Waals surface area contributed by atoms with E-state index in [0.717, 1.165) is 6.07 Å². The summed E-state index contributed by atoms with van der Waals surface area (Å²) < 4.78 is 43.3. The lowest BCUT2D eigenvalue weighted by molar-refractivity contribution is -0.138. The average molecular weight is 306 g/mol. The van der Waals surface area contributed by atoms with Crippen LogP contribution in [0.3, 0.4) is 0 Å². The summed E-state index contributed by atoms with van der Waals surface area (Å²) >= 11 is 5.04. The molecule has 3 nitrogen and oxygen atoms in total. The standard InChI is InChI=1S/C13H17F3N2OS/c1-8-4-5-10(6-11(8)13(14,15)16)18-12(20)17-9(2)7-19-3/h4-6,9H,7H2,1-3H3,(H2,17,18,20). The lowest BCUT2D eigenvalue weighted by Gasteiger charge is -2.17. The van der Waals surface area contributed by atoms with E-state index in [9.17, 15) is 13.2 Å². The number of ether oxygens (including phenoxy) is 1. The third-order valence-electron chi connectivity index (χ3n) is 2.60. The molecule has 0 amide bonds. The number of anilines is 1. The summed E-state index contributed by atoms with van der Waals surface area (Å²) in [5, 5.41) is 5.91. The van der Waals surface area contributed by atoms with Crippen LogP contribution >= 0.6 is 12.2 Å². The van der Waals surface area contributed by atoms with Gasteiger partial charge in [-0.3, -0.25) is 0 Å². The van der Waals surface area contributed by atoms with E-state index < -0.39 is 11.7 Å². The van der Waals surface area contributed by atoms with Crippen molar-refractivity contribution >= 4 is 23.0 Å². The van der Waals surface area contributed by atoms with Gasteiger partial charge in [0.2, 0.25) is 0 Å². The Hall–Kier alpha value is -1.34. The second-order valence-electron chi connectivity index (χ2n) is 4.48. The molecule has 2 N–H and O–H groups in total. The van der Waals surface area contributed by atoms with Crippen molar-refractivity contribution in [3.63, 3.8) is 0 Å². The maximum Gasteiger partial charge on any atom is 0.416 e. The SMILES string of the molecule is COCC(C)NC(=S)Nc1ccc(C)c(C(F)(F)F)c1. The highest BCUT2D eigenvalue weighted by atomic mass is 32.1. The molecule has 0 aliphatic heterocycles. The minimum absolute atomic E-state index is 0.0347. The molecular formula is C13H17F3N2OS. The zero-order valence-electron chi connectivity index (χ0n) is 11.5. The zero-order chi connectivity index (χ0) is 15.3. The number of methoxy groups -OCH3 is 1. The molecule has 0 fully saturated rings. The average Bonchev–Trinajstić information content (AvgIpc) is 2.30. The van der Waals surface area contributed by atoms with Crippen LogP contribution in [0.5, 0.6) is 0 Å². The Bertz CT molecular complexity index is 477. The van der Waals surface area contributed by atoms with Crippen LogP contribution in [-0.4, -0.2) is 24.9 Å². The maximum atomic E-state index is 12.8. The number of hydrogen-bond donors (Lipinski definition) is 2. The van der Waals surface area contributed by atoms with Crippen LogP contribution in [0.25, 0.3) is 0 Å². The molecule has 1 unspecified atom stereocenters. The van der Waals surface area contributed by atoms with E-state index in [1.165, 1.54) is 13.0 Å². The molecule has 112 valence electrons. The Morgan fingerprint density at radius 2 is 2.05 bits per heavy atom. The van der Waals surface area contributed by atoms with Crippen molar-refractivity contribution in [3.8, 4) is 0 Å². The van der Waals surface area contributed by atoms with E-state index in [2.05, 4.69) is 10.6 Å². The molecule has 1 aromatic carbocycles. The Kier molecular flexibility index (Phi) is 5.76. The third kappa shape index (κ3) is 4.97. The monoisotopic (exact) mass is 306 g/mol. The van der Waals surface area contributed by atoms with Crippen LogP contribution in [0.4, 0.5) is 18.9 Å². The first-order valence-corrected chi connectivity index (χ1v) is 6.39. The fourth-order valence-corrected chi connectivity index (χ4v) is 2.01. The molecule has 0 radical (unpaired) electrons. The van der Waals surface area contributed by atoms with Gasteiger partial charge in [-0.1, -0.05) is 6.07 Å². The third-order valence-corrected chi connectivity index (χ3v) is 2.81. The van der Waals surface area contributed by atoms with Gasteiger partial charge in [0.05, 0.1) is 12.2 Å². The van der Waals surface area contributed by atoms with Gasteiger partial charge in [-0.2, -0.15) is 13.2 Å². The summed E-state index contributed by atoms with van der Waals surface area (Å²) in [6.07, 6.45) is -4.37. The second-order valence-corrected chi connectivity index (χ2v) is 4.89. The van der Waals surface area contributed by atoms with Crippen molar-refractivity contribution in [2.24, 2.45) is 0 Å². The van der Waals surface area contributed by atoms with E-state index in [0.29, 0.717) is 12.3 Å². The molecule has 0 spiro atoms. The summed E-state index contributed by atoms with van der Waals surface area (Å²) in [7, 11) is 1.56. The largest absolute Gasteiger partial charge is 0.416 e. The second kappa shape index (κ2) is 6.90. The summed E-state index contributed by atoms with van der Waals surface area (Å²) in [6, 6.07) is 3.98. The smallest absolute Gasteiger partial charge is 0.383 e. The fraction of sp³-hybridized carbons (Fsp3) is 0.462. The van der Waals surface area contributed by atoms with Gasteiger partial charge < -0.3 is 15.4 Å². The van der Waals surface area contributed by atoms with E-state index in [1.807, 2.05) is 6.92 Å². The van der Waals surface area contributed by atoms with E-state index >= 15 is 0 Å². The highest BCUT2D eigenvalue weighted by Crippen LogP contribution is 2.33. The Morgan fingerprint density at radius 3 is 2.60 bits per heavy atom. The predicted octanol–water partition coefficient (Wildman–Crippen LogP) is 3.34. The van der Waals surface area contributed by atoms with Crippen LogP contribution in [0.15, 0.2) is 18.2 Å². The number of aryl methyl sites for hydroxylation is 1. The van der Waals surface area contributed by atoms with Gasteiger partial charge in [0.25, 0.3) is 0 Å². The van der Waals surface area contributed by atoms with Gasteiger partial charge in [-0.15, -0.1) is 0 Å². The van der Waals surface area contributed by atoms with Gasteiger partial charge in [0.15, 0.2) is 5.11 Å². The van der Waals surface area contributed by atoms with Crippen LogP contribution in [0.2, 0.25) is 0 Å². The normalized spacial score (nSPS) is 12.9. The van der Waals surface area contributed by atoms with Crippen LogP contribution < -0.4 is 10.6 Å². The molecule has 1 rings (SSSR count). The molecular weight excluding hydrogens is 289 g/mol. The Labute approximate surface area is 121 Å². The topological polar surface area (TPSA) is 33.3 Å². The van der Waals surface area contributed by atoms with Crippen molar-refractivity contribution in [3.05, 3.63) is 29.3 Å². The molecule has 1 atom stereocenters. The number of thiocarbonyl (C=S) groups is 1. The van der Waals surface area contributed by atoms with Crippen molar-refractivity contribution in [1.29, 1.82) is 0 Å². The molecule has 0 heterocycles. The molecule has 0 aliphatic carbocycles. The first-order chi connectivity index (χ1) is 9.24. The van der Waals surface area contributed by atoms with E-state index in [1.54, 1.807) is 13.2 Å². The maximum absolute atomic E-state index is 12.8. The minimum Gasteiger partial charge on any atom is -0.383 e. The van der Waals surface area contributed by atoms with Crippen LogP contribution in [0, 0.1) is 6.92 Å². The quantitative estimate of drug-likeness (QED) is 0.836. The molecule has 20 heavy (non-hydrogen) atoms. The number of alkyl halides is 3. The first-order valence-electron chi connectivity index (χ1n) is 5.98. The number of halogens is 3. The highest BCUT2D eigenvalue weighted by molar-refractivity contribution is 7.80. The molecule has 0 saturated heterocycles. The molecule has 0 saturated carbocycles. The molecule has 1 aromatic rings. The van der Waals surface area contributed by atoms with E-state index in [4.69, 9.17) is 17.0 Å². The predicted molar refractivity (Wildman–Crippen MR) is 76.9 cm³/mol. The number of rotatable bonds is 4. The van der Waals surface area contributed by atoms with Crippen molar-refractivity contribution in [1.82, 2.24) is 5.32 Å². The first kappa shape index (κ1) is 16.7. The van der Waals surface area contributed by atoms with E-state index in [-0.39, 0.29) is 16.7 Å². The molecule has 0 aliphatic rings. The summed E-state index contributed by atoms with van der Waals surface area (Å²) in [6.45, 7) is 3.72. The summed E-state index contributed by atoms with van der Waals surface area (Å²) in [5.41, 5.74) is -0.199.